The number of hydrogen-bond acceptors (Lipinski definition) is 3. The van der Waals surface area contributed by atoms with Gasteiger partial charge in [-0.2, -0.15) is 0 Å². The van der Waals surface area contributed by atoms with Gasteiger partial charge in [0.1, 0.15) is 0 Å². The second-order valence-corrected chi connectivity index (χ2v) is 4.12. The molecule has 4 nitrogen and oxygen atoms in total. The van der Waals surface area contributed by atoms with Crippen molar-refractivity contribution >= 4 is 21.8 Å². The van der Waals surface area contributed by atoms with Crippen molar-refractivity contribution in [2.75, 3.05) is 20.7 Å². The van der Waals surface area contributed by atoms with E-state index in [9.17, 15) is 4.79 Å². The molecule has 0 atom stereocenters. The third-order valence-corrected chi connectivity index (χ3v) is 2.23. The zero-order chi connectivity index (χ0) is 11.3. The van der Waals surface area contributed by atoms with E-state index in [0.29, 0.717) is 18.9 Å². The Bertz CT molecular complexity index is 325. The minimum absolute atomic E-state index is 0.0483. The molecular weight excluding hydrogens is 260 g/mol. The molecule has 0 saturated carbocycles. The van der Waals surface area contributed by atoms with E-state index in [0.717, 1.165) is 4.47 Å². The first-order chi connectivity index (χ1) is 7.09. The van der Waals surface area contributed by atoms with Crippen molar-refractivity contribution in [1.29, 1.82) is 0 Å². The molecule has 0 spiro atoms. The monoisotopic (exact) mass is 272 g/mol. The van der Waals surface area contributed by atoms with Gasteiger partial charge in [0.15, 0.2) is 0 Å². The van der Waals surface area contributed by atoms with Crippen LogP contribution in [0.5, 0.6) is 5.88 Å². The number of aromatic nitrogens is 1. The first-order valence-electron chi connectivity index (χ1n) is 4.54. The molecule has 5 heteroatoms. The Morgan fingerprint density at radius 2 is 2.27 bits per heavy atom. The minimum atomic E-state index is 0.0483. The third-order valence-electron chi connectivity index (χ3n) is 1.76. The normalized spacial score (nSPS) is 9.80. The second-order valence-electron chi connectivity index (χ2n) is 3.20. The van der Waals surface area contributed by atoms with Crippen LogP contribution in [0.15, 0.2) is 22.8 Å². The number of nitrogens with zero attached hydrogens (tertiary/aromatic N) is 2. The fraction of sp³-hybridized carbons (Fsp3) is 0.400. The maximum atomic E-state index is 11.2. The molecule has 0 unspecified atom stereocenters. The van der Waals surface area contributed by atoms with Crippen molar-refractivity contribution < 1.29 is 9.53 Å². The lowest BCUT2D eigenvalue weighted by molar-refractivity contribution is -0.129. The molecule has 0 N–H and O–H groups in total. The van der Waals surface area contributed by atoms with Crippen LogP contribution in [0.1, 0.15) is 6.42 Å². The van der Waals surface area contributed by atoms with Crippen molar-refractivity contribution in [2.24, 2.45) is 0 Å². The van der Waals surface area contributed by atoms with Crippen molar-refractivity contribution in [1.82, 2.24) is 9.88 Å². The van der Waals surface area contributed by atoms with Gasteiger partial charge >= 0.3 is 0 Å². The van der Waals surface area contributed by atoms with E-state index in [1.807, 2.05) is 6.07 Å². The topological polar surface area (TPSA) is 42.4 Å². The molecule has 1 aromatic heterocycles. The number of ether oxygens (including phenoxy) is 1. The first kappa shape index (κ1) is 12.0. The Morgan fingerprint density at radius 3 is 2.80 bits per heavy atom. The highest BCUT2D eigenvalue weighted by Gasteiger charge is 2.03. The molecule has 1 heterocycles. The van der Waals surface area contributed by atoms with E-state index in [1.54, 1.807) is 31.3 Å². The summed E-state index contributed by atoms with van der Waals surface area (Å²) in [6.45, 7) is 0.353. The van der Waals surface area contributed by atoms with Gasteiger partial charge in [0.05, 0.1) is 13.0 Å². The lowest BCUT2D eigenvalue weighted by Crippen LogP contribution is -2.23. The molecular formula is C10H13BrN2O2. The highest BCUT2D eigenvalue weighted by molar-refractivity contribution is 9.10. The van der Waals surface area contributed by atoms with Crippen LogP contribution >= 0.6 is 15.9 Å². The van der Waals surface area contributed by atoms with E-state index in [4.69, 9.17) is 4.74 Å². The lowest BCUT2D eigenvalue weighted by atomic mass is 10.4. The summed E-state index contributed by atoms with van der Waals surface area (Å²) in [7, 11) is 3.44. The van der Waals surface area contributed by atoms with Crippen LogP contribution in [0, 0.1) is 0 Å². The highest BCUT2D eigenvalue weighted by atomic mass is 79.9. The molecule has 0 aliphatic rings. The largest absolute Gasteiger partial charge is 0.477 e. The quantitative estimate of drug-likeness (QED) is 0.838. The van der Waals surface area contributed by atoms with Gasteiger partial charge in [-0.15, -0.1) is 0 Å². The maximum absolute atomic E-state index is 11.2. The number of amides is 1. The van der Waals surface area contributed by atoms with E-state index in [1.165, 1.54) is 0 Å². The Balaban J connectivity index is 2.32. The van der Waals surface area contributed by atoms with Crippen molar-refractivity contribution in [3.8, 4) is 5.88 Å². The van der Waals surface area contributed by atoms with Gasteiger partial charge in [-0.05, 0) is 22.0 Å². The molecule has 0 bridgehead atoms. The van der Waals surface area contributed by atoms with E-state index in [-0.39, 0.29) is 5.91 Å². The standard InChI is InChI=1S/C10H13BrN2O2/c1-13(2)10(14)5-6-15-9-4-3-8(11)7-12-9/h3-4,7H,5-6H2,1-2H3. The number of rotatable bonds is 4. The van der Waals surface area contributed by atoms with Crippen molar-refractivity contribution in [3.63, 3.8) is 0 Å². The first-order valence-corrected chi connectivity index (χ1v) is 5.33. The van der Waals surface area contributed by atoms with Gasteiger partial charge in [0.25, 0.3) is 0 Å². The zero-order valence-electron chi connectivity index (χ0n) is 8.74. The summed E-state index contributed by atoms with van der Waals surface area (Å²) < 4.78 is 6.20. The lowest BCUT2D eigenvalue weighted by Gasteiger charge is -2.10. The predicted octanol–water partition coefficient (Wildman–Crippen LogP) is 1.70. The molecule has 0 fully saturated rings. The summed E-state index contributed by atoms with van der Waals surface area (Å²) in [5, 5.41) is 0. The zero-order valence-corrected chi connectivity index (χ0v) is 10.3. The maximum Gasteiger partial charge on any atom is 0.225 e. The number of carbonyl (C=O) groups excluding carboxylic acids is 1. The molecule has 82 valence electrons. The van der Waals surface area contributed by atoms with Gasteiger partial charge in [-0.25, -0.2) is 4.98 Å². The van der Waals surface area contributed by atoms with Crippen LogP contribution in [-0.4, -0.2) is 36.5 Å². The fourth-order valence-electron chi connectivity index (χ4n) is 0.914. The molecule has 0 saturated heterocycles. The van der Waals surface area contributed by atoms with Crippen molar-refractivity contribution in [2.45, 2.75) is 6.42 Å². The SMILES string of the molecule is CN(C)C(=O)CCOc1ccc(Br)cn1. The summed E-state index contributed by atoms with van der Waals surface area (Å²) in [6, 6.07) is 3.60. The van der Waals surface area contributed by atoms with Crippen molar-refractivity contribution in [3.05, 3.63) is 22.8 Å². The molecule has 0 radical (unpaired) electrons. The molecule has 0 aromatic carbocycles. The molecule has 1 amide bonds. The Hall–Kier alpha value is -1.10. The second kappa shape index (κ2) is 5.70. The van der Waals surface area contributed by atoms with Gasteiger partial charge < -0.3 is 9.64 Å². The molecule has 1 rings (SSSR count). The van der Waals surface area contributed by atoms with Crippen LogP contribution in [0.3, 0.4) is 0 Å². The predicted molar refractivity (Wildman–Crippen MR) is 60.7 cm³/mol. The Labute approximate surface area is 97.4 Å². The molecule has 0 aliphatic heterocycles. The van der Waals surface area contributed by atoms with Crippen LogP contribution in [-0.2, 0) is 4.79 Å². The summed E-state index contributed by atoms with van der Waals surface area (Å²) in [6.07, 6.45) is 2.02. The molecule has 1 aromatic rings. The van der Waals surface area contributed by atoms with E-state index in [2.05, 4.69) is 20.9 Å². The molecule has 0 aliphatic carbocycles. The minimum Gasteiger partial charge on any atom is -0.477 e. The summed E-state index contributed by atoms with van der Waals surface area (Å²) in [4.78, 5) is 16.8. The number of pyridine rings is 1. The summed E-state index contributed by atoms with van der Waals surface area (Å²) in [5.74, 6) is 0.580. The van der Waals surface area contributed by atoms with Gasteiger partial charge in [0, 0.05) is 30.8 Å². The van der Waals surface area contributed by atoms with Gasteiger partial charge in [-0.3, -0.25) is 4.79 Å². The van der Waals surface area contributed by atoms with Crippen LogP contribution in [0.4, 0.5) is 0 Å². The average molecular weight is 273 g/mol. The fourth-order valence-corrected chi connectivity index (χ4v) is 1.15. The number of hydrogen-bond donors (Lipinski definition) is 0. The average Bonchev–Trinajstić information content (AvgIpc) is 2.20. The number of carbonyl (C=O) groups is 1. The van der Waals surface area contributed by atoms with E-state index >= 15 is 0 Å². The van der Waals surface area contributed by atoms with Gasteiger partial charge in [0.2, 0.25) is 11.8 Å². The third kappa shape index (κ3) is 4.29. The van der Waals surface area contributed by atoms with Crippen LogP contribution in [0.25, 0.3) is 0 Å². The highest BCUT2D eigenvalue weighted by Crippen LogP contribution is 2.12. The van der Waals surface area contributed by atoms with Crippen LogP contribution < -0.4 is 4.74 Å². The number of halogens is 1. The van der Waals surface area contributed by atoms with E-state index < -0.39 is 0 Å². The molecule has 15 heavy (non-hydrogen) atoms. The Kier molecular flexibility index (Phi) is 4.55. The smallest absolute Gasteiger partial charge is 0.225 e. The summed E-state index contributed by atoms with van der Waals surface area (Å²) in [5.41, 5.74) is 0. The van der Waals surface area contributed by atoms with Crippen LogP contribution in [0.2, 0.25) is 0 Å². The summed E-state index contributed by atoms with van der Waals surface area (Å²) >= 11 is 3.28. The van der Waals surface area contributed by atoms with Gasteiger partial charge in [-0.1, -0.05) is 0 Å². The Morgan fingerprint density at radius 1 is 1.53 bits per heavy atom.